The van der Waals surface area contributed by atoms with E-state index in [-0.39, 0.29) is 41.2 Å². The number of methoxy groups -OCH3 is 2. The molecule has 0 fully saturated rings. The predicted molar refractivity (Wildman–Crippen MR) is 111 cm³/mol. The Hall–Kier alpha value is -5.02. The van der Waals surface area contributed by atoms with Gasteiger partial charge in [-0.15, -0.1) is 5.10 Å². The van der Waals surface area contributed by atoms with Crippen LogP contribution in [0.5, 0.6) is 11.5 Å². The van der Waals surface area contributed by atoms with Gasteiger partial charge in [-0.2, -0.15) is 5.10 Å². The third-order valence-corrected chi connectivity index (χ3v) is 4.25. The number of hydrazone groups is 1. The molecule has 0 saturated heterocycles. The number of aromatic nitrogens is 7. The number of carbonyl (C=O) groups is 1. The van der Waals surface area contributed by atoms with Crippen molar-refractivity contribution in [2.75, 3.05) is 25.7 Å². The molecule has 5 N–H and O–H groups in total. The van der Waals surface area contributed by atoms with Gasteiger partial charge in [0.1, 0.15) is 18.0 Å². The van der Waals surface area contributed by atoms with E-state index in [1.54, 1.807) is 18.2 Å². The molecule has 0 aliphatic carbocycles. The van der Waals surface area contributed by atoms with E-state index in [2.05, 4.69) is 50.5 Å². The summed E-state index contributed by atoms with van der Waals surface area (Å²) in [6.45, 7) is -0.313. The SMILES string of the molecule is COc1ccc(OC)c(/C=N/NC(=O)Cn2nc(-c3nonc3N)nc2-c2nonc2N)c1. The number of nitrogens with zero attached hydrogens (tertiary/aromatic N) is 8. The standard InChI is InChI=1S/C17H17N11O5/c1-30-9-3-4-10(31-2)8(5-9)6-20-22-11(29)7-28-17(13-15(19)27-33-25-13)21-16(23-28)12-14(18)26-32-24-12/h3-6H,7H2,1-2H3,(H2,18,26)(H2,19,27)(H,22,29)/b20-6+. The fourth-order valence-electron chi connectivity index (χ4n) is 2.71. The highest BCUT2D eigenvalue weighted by atomic mass is 16.6. The largest absolute Gasteiger partial charge is 0.497 e. The van der Waals surface area contributed by atoms with Crippen molar-refractivity contribution in [2.24, 2.45) is 5.10 Å². The van der Waals surface area contributed by atoms with Crippen LogP contribution in [0.4, 0.5) is 11.6 Å². The van der Waals surface area contributed by atoms with Gasteiger partial charge in [-0.3, -0.25) is 4.79 Å². The topological polar surface area (TPSA) is 221 Å². The highest BCUT2D eigenvalue weighted by Crippen LogP contribution is 2.25. The molecule has 0 aliphatic heterocycles. The van der Waals surface area contributed by atoms with Crippen molar-refractivity contribution < 1.29 is 23.5 Å². The molecule has 33 heavy (non-hydrogen) atoms. The molecule has 4 rings (SSSR count). The third kappa shape index (κ3) is 4.38. The minimum atomic E-state index is -0.535. The Morgan fingerprint density at radius 3 is 2.48 bits per heavy atom. The first-order valence-electron chi connectivity index (χ1n) is 9.15. The lowest BCUT2D eigenvalue weighted by atomic mass is 10.2. The van der Waals surface area contributed by atoms with Gasteiger partial charge in [-0.1, -0.05) is 0 Å². The molecule has 0 saturated carbocycles. The molecule has 16 nitrogen and oxygen atoms in total. The number of rotatable bonds is 8. The van der Waals surface area contributed by atoms with E-state index in [1.807, 2.05) is 0 Å². The normalized spacial score (nSPS) is 11.1. The van der Waals surface area contributed by atoms with E-state index in [1.165, 1.54) is 25.1 Å². The average molecular weight is 455 g/mol. The second kappa shape index (κ2) is 9.00. The van der Waals surface area contributed by atoms with Crippen molar-refractivity contribution in [1.82, 2.24) is 40.8 Å². The highest BCUT2D eigenvalue weighted by Gasteiger charge is 2.24. The molecule has 0 unspecified atom stereocenters. The lowest BCUT2D eigenvalue weighted by molar-refractivity contribution is -0.121. The summed E-state index contributed by atoms with van der Waals surface area (Å²) in [4.78, 5) is 16.8. The average Bonchev–Trinajstić information content (AvgIpc) is 3.53. The number of nitrogen functional groups attached to an aromatic ring is 2. The number of ether oxygens (including phenoxy) is 2. The Kier molecular flexibility index (Phi) is 5.79. The van der Waals surface area contributed by atoms with Gasteiger partial charge in [-0.25, -0.2) is 24.3 Å². The molecule has 0 aliphatic rings. The maximum Gasteiger partial charge on any atom is 0.261 e. The number of nitrogens with one attached hydrogen (secondary N) is 1. The Morgan fingerprint density at radius 2 is 1.85 bits per heavy atom. The summed E-state index contributed by atoms with van der Waals surface area (Å²) in [5.74, 6) is 0.639. The van der Waals surface area contributed by atoms with Crippen LogP contribution in [-0.2, 0) is 11.3 Å². The van der Waals surface area contributed by atoms with E-state index in [0.717, 1.165) is 0 Å². The fourth-order valence-corrected chi connectivity index (χ4v) is 2.71. The zero-order chi connectivity index (χ0) is 23.4. The summed E-state index contributed by atoms with van der Waals surface area (Å²) in [6, 6.07) is 5.15. The van der Waals surface area contributed by atoms with E-state index >= 15 is 0 Å². The summed E-state index contributed by atoms with van der Waals surface area (Å²) < 4.78 is 20.8. The molecular formula is C17H17N11O5. The third-order valence-electron chi connectivity index (χ3n) is 4.25. The van der Waals surface area contributed by atoms with Gasteiger partial charge in [0.05, 0.1) is 20.4 Å². The Bertz CT molecular complexity index is 1310. The molecule has 0 spiro atoms. The van der Waals surface area contributed by atoms with Gasteiger partial charge in [-0.05, 0) is 38.8 Å². The molecular weight excluding hydrogens is 438 g/mol. The van der Waals surface area contributed by atoms with Crippen LogP contribution in [0.1, 0.15) is 5.56 Å². The summed E-state index contributed by atoms with van der Waals surface area (Å²) in [5, 5.41) is 22.5. The van der Waals surface area contributed by atoms with E-state index < -0.39 is 5.91 Å². The van der Waals surface area contributed by atoms with Crippen molar-refractivity contribution >= 4 is 23.8 Å². The molecule has 1 amide bonds. The van der Waals surface area contributed by atoms with Crippen molar-refractivity contribution in [1.29, 1.82) is 0 Å². The monoisotopic (exact) mass is 455 g/mol. The fraction of sp³-hybridized carbons (Fsp3) is 0.176. The zero-order valence-electron chi connectivity index (χ0n) is 17.3. The van der Waals surface area contributed by atoms with Crippen LogP contribution >= 0.6 is 0 Å². The van der Waals surface area contributed by atoms with Crippen molar-refractivity contribution in [2.45, 2.75) is 6.54 Å². The van der Waals surface area contributed by atoms with Crippen molar-refractivity contribution in [3.8, 4) is 34.5 Å². The second-order valence-electron chi connectivity index (χ2n) is 6.31. The van der Waals surface area contributed by atoms with E-state index in [9.17, 15) is 4.79 Å². The summed E-state index contributed by atoms with van der Waals surface area (Å²) in [7, 11) is 3.05. The first-order chi connectivity index (χ1) is 16.0. The predicted octanol–water partition coefficient (Wildman–Crippen LogP) is -0.290. The Morgan fingerprint density at radius 1 is 1.12 bits per heavy atom. The smallest absolute Gasteiger partial charge is 0.261 e. The van der Waals surface area contributed by atoms with Crippen LogP contribution in [0.15, 0.2) is 32.6 Å². The summed E-state index contributed by atoms with van der Waals surface area (Å²) >= 11 is 0. The molecule has 170 valence electrons. The molecule has 3 heterocycles. The Balaban J connectivity index is 1.55. The number of benzene rings is 1. The van der Waals surface area contributed by atoms with E-state index in [4.69, 9.17) is 20.9 Å². The number of carbonyl (C=O) groups excluding carboxylic acids is 1. The van der Waals surface area contributed by atoms with Gasteiger partial charge < -0.3 is 20.9 Å². The quantitative estimate of drug-likeness (QED) is 0.230. The maximum absolute atomic E-state index is 12.5. The van der Waals surface area contributed by atoms with Crippen LogP contribution in [0, 0.1) is 0 Å². The van der Waals surface area contributed by atoms with Gasteiger partial charge >= 0.3 is 0 Å². The van der Waals surface area contributed by atoms with Crippen LogP contribution in [-0.4, -0.2) is 61.7 Å². The van der Waals surface area contributed by atoms with Crippen molar-refractivity contribution in [3.63, 3.8) is 0 Å². The lowest BCUT2D eigenvalue weighted by Crippen LogP contribution is -2.24. The molecule has 4 aromatic rings. The summed E-state index contributed by atoms with van der Waals surface area (Å²) in [5.41, 5.74) is 14.6. The molecule has 0 bridgehead atoms. The molecule has 16 heteroatoms. The molecule has 0 radical (unpaired) electrons. The van der Waals surface area contributed by atoms with Gasteiger partial charge in [0.15, 0.2) is 28.8 Å². The lowest BCUT2D eigenvalue weighted by Gasteiger charge is -2.07. The van der Waals surface area contributed by atoms with Crippen LogP contribution in [0.2, 0.25) is 0 Å². The molecule has 0 atom stereocenters. The second-order valence-corrected chi connectivity index (χ2v) is 6.31. The van der Waals surface area contributed by atoms with Gasteiger partial charge in [0.25, 0.3) is 5.91 Å². The maximum atomic E-state index is 12.5. The Labute approximate surface area is 184 Å². The molecule has 3 aromatic heterocycles. The highest BCUT2D eigenvalue weighted by molar-refractivity contribution is 5.86. The first-order valence-corrected chi connectivity index (χ1v) is 9.15. The van der Waals surface area contributed by atoms with E-state index in [0.29, 0.717) is 17.1 Å². The number of nitrogens with two attached hydrogens (primary N) is 2. The minimum absolute atomic E-state index is 0.0311. The summed E-state index contributed by atoms with van der Waals surface area (Å²) in [6.07, 6.45) is 1.41. The number of hydrogen-bond acceptors (Lipinski definition) is 14. The number of hydrogen-bond donors (Lipinski definition) is 3. The minimum Gasteiger partial charge on any atom is -0.497 e. The number of anilines is 2. The van der Waals surface area contributed by atoms with Crippen LogP contribution in [0.25, 0.3) is 23.0 Å². The number of amides is 1. The van der Waals surface area contributed by atoms with Crippen LogP contribution < -0.4 is 26.4 Å². The van der Waals surface area contributed by atoms with Crippen molar-refractivity contribution in [3.05, 3.63) is 23.8 Å². The van der Waals surface area contributed by atoms with Gasteiger partial charge in [0, 0.05) is 5.56 Å². The first kappa shape index (κ1) is 21.2. The molecule has 1 aromatic carbocycles. The van der Waals surface area contributed by atoms with Gasteiger partial charge in [0.2, 0.25) is 5.82 Å². The van der Waals surface area contributed by atoms with Crippen LogP contribution in [0.3, 0.4) is 0 Å². The zero-order valence-corrected chi connectivity index (χ0v) is 17.3.